The van der Waals surface area contributed by atoms with E-state index in [1.165, 1.54) is 23.4 Å². The number of esters is 1. The second-order valence-corrected chi connectivity index (χ2v) is 13.0. The van der Waals surface area contributed by atoms with Gasteiger partial charge in [0, 0.05) is 32.6 Å². The molecular weight excluding hydrogens is 567 g/mol. The summed E-state index contributed by atoms with van der Waals surface area (Å²) >= 11 is 0. The van der Waals surface area contributed by atoms with Crippen molar-refractivity contribution < 1.29 is 23.4 Å². The predicted octanol–water partition coefficient (Wildman–Crippen LogP) is 7.00. The van der Waals surface area contributed by atoms with Crippen LogP contribution in [0.25, 0.3) is 5.57 Å². The Morgan fingerprint density at radius 2 is 1.79 bits per heavy atom. The summed E-state index contributed by atoms with van der Waals surface area (Å²) in [6.07, 6.45) is 6.27. The van der Waals surface area contributed by atoms with Gasteiger partial charge in [0.05, 0.1) is 24.5 Å². The number of aryl methyl sites for hydroxylation is 1. The molecule has 2 aromatic rings. The summed E-state index contributed by atoms with van der Waals surface area (Å²) in [4.78, 5) is 18.1. The first-order valence-corrected chi connectivity index (χ1v) is 15.9. The van der Waals surface area contributed by atoms with Gasteiger partial charge >= 0.3 is 5.97 Å². The van der Waals surface area contributed by atoms with Crippen LogP contribution >= 0.6 is 12.4 Å². The van der Waals surface area contributed by atoms with E-state index in [4.69, 9.17) is 14.2 Å². The van der Waals surface area contributed by atoms with Crippen molar-refractivity contribution in [3.05, 3.63) is 64.6 Å². The van der Waals surface area contributed by atoms with Gasteiger partial charge in [-0.3, -0.25) is 9.69 Å². The van der Waals surface area contributed by atoms with Crippen molar-refractivity contribution in [3.63, 3.8) is 0 Å². The summed E-state index contributed by atoms with van der Waals surface area (Å²) in [7, 11) is 0. The zero-order valence-electron chi connectivity index (χ0n) is 25.8. The Bertz CT molecular complexity index is 1310. The molecule has 0 aromatic heterocycles. The van der Waals surface area contributed by atoms with E-state index in [9.17, 15) is 9.18 Å². The fourth-order valence-electron chi connectivity index (χ4n) is 7.30. The molecule has 234 valence electrons. The number of fused-ring (bicyclic) bond motifs is 3. The first-order valence-electron chi connectivity index (χ1n) is 15.9. The highest BCUT2D eigenvalue weighted by Gasteiger charge is 2.47. The number of piperidine rings is 1. The first kappa shape index (κ1) is 31.8. The predicted molar refractivity (Wildman–Crippen MR) is 169 cm³/mol. The Labute approximate surface area is 262 Å². The standard InChI is InChI=1S/C35H45FN2O4.ClH/c1-24(6-4-7-25-9-11-28(36)12-10-25)27-22-29(41-31(39)8-5-15-37-18-20-40-21-19-37)33-30(23-27)42-35(2,3)34-32(33)26-13-16-38(34)17-14-26;/h9-12,22-24,26H,4-8,13-21H2,1-3H3;1H. The van der Waals surface area contributed by atoms with E-state index in [2.05, 4.69) is 42.7 Å². The largest absolute Gasteiger partial charge is 0.481 e. The topological polar surface area (TPSA) is 51.2 Å². The minimum atomic E-state index is -0.439. The number of hydrogen-bond donors (Lipinski definition) is 0. The maximum absolute atomic E-state index is 13.3. The Hall–Kier alpha value is -2.61. The maximum Gasteiger partial charge on any atom is 0.311 e. The van der Waals surface area contributed by atoms with Gasteiger partial charge in [0.15, 0.2) is 0 Å². The lowest BCUT2D eigenvalue weighted by Crippen LogP contribution is -2.51. The molecule has 2 saturated heterocycles. The van der Waals surface area contributed by atoms with E-state index in [-0.39, 0.29) is 30.1 Å². The van der Waals surface area contributed by atoms with Crippen LogP contribution in [0.3, 0.4) is 0 Å². The van der Waals surface area contributed by atoms with Crippen LogP contribution in [0.4, 0.5) is 4.39 Å². The fraction of sp³-hybridized carbons (Fsp3) is 0.571. The third-order valence-corrected chi connectivity index (χ3v) is 9.54. The van der Waals surface area contributed by atoms with Crippen LogP contribution in [-0.4, -0.2) is 67.3 Å². The number of hydrogen-bond acceptors (Lipinski definition) is 6. The van der Waals surface area contributed by atoms with Crippen LogP contribution in [0.2, 0.25) is 0 Å². The Morgan fingerprint density at radius 3 is 2.51 bits per heavy atom. The van der Waals surface area contributed by atoms with Gasteiger partial charge in [0.2, 0.25) is 0 Å². The van der Waals surface area contributed by atoms with Gasteiger partial charge in [-0.2, -0.15) is 0 Å². The van der Waals surface area contributed by atoms with Gasteiger partial charge in [0.25, 0.3) is 0 Å². The normalized spacial score (nSPS) is 20.1. The van der Waals surface area contributed by atoms with Gasteiger partial charge in [-0.1, -0.05) is 19.1 Å². The van der Waals surface area contributed by atoms with Crippen molar-refractivity contribution in [2.75, 3.05) is 45.9 Å². The van der Waals surface area contributed by atoms with Crippen LogP contribution in [0.15, 0.2) is 42.1 Å². The first-order chi connectivity index (χ1) is 20.3. The minimum Gasteiger partial charge on any atom is -0.481 e. The lowest BCUT2D eigenvalue weighted by Gasteiger charge is -2.51. The lowest BCUT2D eigenvalue weighted by molar-refractivity contribution is -0.134. The molecule has 1 unspecified atom stereocenters. The third-order valence-electron chi connectivity index (χ3n) is 9.54. The molecule has 5 aliphatic rings. The van der Waals surface area contributed by atoms with Crippen molar-refractivity contribution >= 4 is 23.9 Å². The highest BCUT2D eigenvalue weighted by atomic mass is 35.5. The minimum absolute atomic E-state index is 0. The Kier molecular flexibility index (Phi) is 10.0. The molecule has 0 radical (unpaired) electrons. The molecule has 5 aliphatic heterocycles. The Morgan fingerprint density at radius 1 is 1.07 bits per heavy atom. The van der Waals surface area contributed by atoms with E-state index < -0.39 is 5.60 Å². The quantitative estimate of drug-likeness (QED) is 0.213. The number of nitrogens with zero attached hydrogens (tertiary/aromatic N) is 2. The second-order valence-electron chi connectivity index (χ2n) is 13.0. The van der Waals surface area contributed by atoms with Crippen molar-refractivity contribution in [2.45, 2.75) is 77.2 Å². The molecular formula is C35H46ClFN2O4. The molecule has 2 bridgehead atoms. The number of benzene rings is 2. The van der Waals surface area contributed by atoms with Crippen LogP contribution in [0.1, 0.15) is 81.9 Å². The Balaban J connectivity index is 0.00000368. The molecule has 0 saturated carbocycles. The van der Waals surface area contributed by atoms with Gasteiger partial charge < -0.3 is 19.1 Å². The summed E-state index contributed by atoms with van der Waals surface area (Å²) in [5.74, 6) is 1.83. The number of carbonyl (C=O) groups excluding carboxylic acids is 1. The average molecular weight is 613 g/mol. The van der Waals surface area contributed by atoms with Crippen molar-refractivity contribution in [1.82, 2.24) is 9.80 Å². The van der Waals surface area contributed by atoms with Gasteiger partial charge in [0.1, 0.15) is 22.9 Å². The summed E-state index contributed by atoms with van der Waals surface area (Å²) in [6.45, 7) is 12.9. The summed E-state index contributed by atoms with van der Waals surface area (Å²) in [5.41, 5.74) is 5.42. The van der Waals surface area contributed by atoms with E-state index >= 15 is 0 Å². The third kappa shape index (κ3) is 7.05. The number of rotatable bonds is 10. The number of carbonyl (C=O) groups is 1. The fourth-order valence-corrected chi connectivity index (χ4v) is 7.30. The molecule has 7 rings (SSSR count). The van der Waals surface area contributed by atoms with Crippen molar-refractivity contribution in [3.8, 4) is 11.5 Å². The molecule has 2 fully saturated rings. The van der Waals surface area contributed by atoms with Crippen LogP contribution < -0.4 is 9.47 Å². The average Bonchev–Trinajstić information content (AvgIpc) is 2.98. The number of ether oxygens (including phenoxy) is 3. The SMILES string of the molecule is CC(CCCc1ccc(F)cc1)c1cc(OC(=O)CCCN2CCOCC2)c2c(c1)OC(C)(C)C1=C2C2CCN1CC2.Cl. The highest BCUT2D eigenvalue weighted by Crippen LogP contribution is 2.55. The smallest absolute Gasteiger partial charge is 0.311 e. The van der Waals surface area contributed by atoms with Gasteiger partial charge in [-0.25, -0.2) is 4.39 Å². The molecule has 0 amide bonds. The van der Waals surface area contributed by atoms with Crippen LogP contribution in [-0.2, 0) is 16.0 Å². The van der Waals surface area contributed by atoms with Crippen LogP contribution in [0.5, 0.6) is 11.5 Å². The molecule has 43 heavy (non-hydrogen) atoms. The molecule has 6 nitrogen and oxygen atoms in total. The van der Waals surface area contributed by atoms with Gasteiger partial charge in [-0.15, -0.1) is 12.4 Å². The molecule has 5 heterocycles. The monoisotopic (exact) mass is 612 g/mol. The molecule has 8 heteroatoms. The molecule has 2 aromatic carbocycles. The van der Waals surface area contributed by atoms with E-state index in [1.54, 1.807) is 0 Å². The number of allylic oxidation sites excluding steroid dienone is 1. The molecule has 0 spiro atoms. The van der Waals surface area contributed by atoms with Gasteiger partial charge in [-0.05, 0) is 112 Å². The summed E-state index contributed by atoms with van der Waals surface area (Å²) in [6, 6.07) is 11.1. The van der Waals surface area contributed by atoms with Crippen molar-refractivity contribution in [2.24, 2.45) is 5.92 Å². The number of halogens is 2. The summed E-state index contributed by atoms with van der Waals surface area (Å²) in [5, 5.41) is 0. The summed E-state index contributed by atoms with van der Waals surface area (Å²) < 4.78 is 31.8. The second kappa shape index (κ2) is 13.6. The van der Waals surface area contributed by atoms with Crippen LogP contribution in [0, 0.1) is 11.7 Å². The molecule has 1 atom stereocenters. The van der Waals surface area contributed by atoms with Crippen molar-refractivity contribution in [1.29, 1.82) is 0 Å². The zero-order chi connectivity index (χ0) is 29.3. The highest BCUT2D eigenvalue weighted by molar-refractivity contribution is 5.86. The number of morpholine rings is 1. The lowest BCUT2D eigenvalue weighted by atomic mass is 9.73. The molecule has 0 N–H and O–H groups in total. The maximum atomic E-state index is 13.3. The molecule has 0 aliphatic carbocycles. The van der Waals surface area contributed by atoms with E-state index in [1.807, 2.05) is 12.1 Å². The van der Waals surface area contributed by atoms with E-state index in [0.717, 1.165) is 107 Å². The zero-order valence-corrected chi connectivity index (χ0v) is 26.6. The van der Waals surface area contributed by atoms with E-state index in [0.29, 0.717) is 18.1 Å².